The van der Waals surface area contributed by atoms with Crippen LogP contribution in [0.1, 0.15) is 32.2 Å². The Hall–Kier alpha value is -0.970. The van der Waals surface area contributed by atoms with Crippen molar-refractivity contribution in [2.24, 2.45) is 0 Å². The van der Waals surface area contributed by atoms with Crippen LogP contribution >= 0.6 is 0 Å². The minimum Gasteiger partial charge on any atom is -0.390 e. The Bertz CT molecular complexity index is 368. The molecule has 0 aliphatic carbocycles. The molecule has 0 saturated heterocycles. The predicted molar refractivity (Wildman–Crippen MR) is 79.1 cm³/mol. The zero-order valence-electron chi connectivity index (χ0n) is 12.6. The van der Waals surface area contributed by atoms with E-state index in [0.29, 0.717) is 19.1 Å². The fourth-order valence-electron chi connectivity index (χ4n) is 1.96. The summed E-state index contributed by atoms with van der Waals surface area (Å²) in [7, 11) is 0. The number of nitrogens with one attached hydrogen (secondary N) is 1. The molecule has 0 spiro atoms. The molecule has 19 heavy (non-hydrogen) atoms. The van der Waals surface area contributed by atoms with E-state index in [0.717, 1.165) is 24.5 Å². The van der Waals surface area contributed by atoms with Gasteiger partial charge in [-0.05, 0) is 25.6 Å². The van der Waals surface area contributed by atoms with E-state index < -0.39 is 0 Å². The van der Waals surface area contributed by atoms with Gasteiger partial charge in [-0.1, -0.05) is 26.8 Å². The second kappa shape index (κ2) is 8.25. The van der Waals surface area contributed by atoms with Crippen molar-refractivity contribution in [3.05, 3.63) is 29.6 Å². The van der Waals surface area contributed by atoms with Gasteiger partial charge in [-0.15, -0.1) is 0 Å². The van der Waals surface area contributed by atoms with Gasteiger partial charge >= 0.3 is 0 Å². The molecule has 1 aromatic heterocycles. The van der Waals surface area contributed by atoms with E-state index in [1.807, 2.05) is 25.1 Å². The summed E-state index contributed by atoms with van der Waals surface area (Å²) in [6, 6.07) is 6.47. The molecule has 0 aliphatic rings. The highest BCUT2D eigenvalue weighted by atomic mass is 16.3. The number of pyridine rings is 1. The van der Waals surface area contributed by atoms with Crippen molar-refractivity contribution in [2.45, 2.75) is 46.4 Å². The quantitative estimate of drug-likeness (QED) is 0.749. The number of likely N-dealkylation sites (N-methyl/N-ethyl adjacent to an activating group) is 1. The first-order chi connectivity index (χ1) is 9.01. The van der Waals surface area contributed by atoms with Crippen LogP contribution in [0.3, 0.4) is 0 Å². The van der Waals surface area contributed by atoms with Crippen LogP contribution in [0.25, 0.3) is 0 Å². The number of nitrogens with zero attached hydrogens (tertiary/aromatic N) is 2. The third kappa shape index (κ3) is 6.66. The third-order valence-corrected chi connectivity index (χ3v) is 3.01. The fraction of sp³-hybridized carbons (Fsp3) is 0.667. The maximum absolute atomic E-state index is 10.0. The average Bonchev–Trinajstić information content (AvgIpc) is 2.35. The summed E-state index contributed by atoms with van der Waals surface area (Å²) in [4.78, 5) is 6.72. The Morgan fingerprint density at radius 2 is 2.11 bits per heavy atom. The lowest BCUT2D eigenvalue weighted by Gasteiger charge is -2.24. The number of aliphatic hydroxyl groups excluding tert-OH is 1. The molecule has 1 rings (SSSR count). The van der Waals surface area contributed by atoms with Crippen molar-refractivity contribution >= 4 is 0 Å². The van der Waals surface area contributed by atoms with Crippen LogP contribution in [-0.2, 0) is 6.54 Å². The van der Waals surface area contributed by atoms with Gasteiger partial charge in [-0.3, -0.25) is 9.88 Å². The molecular formula is C15H27N3O. The van der Waals surface area contributed by atoms with E-state index in [9.17, 15) is 5.11 Å². The predicted octanol–water partition coefficient (Wildman–Crippen LogP) is 1.57. The summed E-state index contributed by atoms with van der Waals surface area (Å²) in [5.41, 5.74) is 2.10. The summed E-state index contributed by atoms with van der Waals surface area (Å²) in [5, 5.41) is 13.3. The molecule has 1 atom stereocenters. The first-order valence-corrected chi connectivity index (χ1v) is 7.07. The largest absolute Gasteiger partial charge is 0.390 e. The molecular weight excluding hydrogens is 238 g/mol. The van der Waals surface area contributed by atoms with Crippen LogP contribution < -0.4 is 5.32 Å². The van der Waals surface area contributed by atoms with E-state index >= 15 is 0 Å². The number of aliphatic hydroxyl groups is 1. The smallest absolute Gasteiger partial charge is 0.0791 e. The number of aryl methyl sites for hydroxylation is 1. The molecule has 4 heteroatoms. The second-order valence-corrected chi connectivity index (χ2v) is 5.31. The zero-order chi connectivity index (χ0) is 14.3. The van der Waals surface area contributed by atoms with E-state index in [1.165, 1.54) is 0 Å². The minimum absolute atomic E-state index is 0.341. The normalized spacial score (nSPS) is 13.2. The zero-order valence-corrected chi connectivity index (χ0v) is 12.6. The molecule has 2 N–H and O–H groups in total. The standard InChI is InChI=1S/C15H27N3O/c1-5-18(11-15(19)9-16-12(2)3)10-14-8-6-7-13(4)17-14/h6-8,12,15-16,19H,5,9-11H2,1-4H3. The van der Waals surface area contributed by atoms with Gasteiger partial charge in [0.15, 0.2) is 0 Å². The van der Waals surface area contributed by atoms with Crippen LogP contribution in [-0.4, -0.2) is 46.8 Å². The lowest BCUT2D eigenvalue weighted by atomic mass is 10.2. The van der Waals surface area contributed by atoms with Gasteiger partial charge in [0, 0.05) is 31.4 Å². The highest BCUT2D eigenvalue weighted by molar-refractivity contribution is 5.09. The minimum atomic E-state index is -0.341. The van der Waals surface area contributed by atoms with E-state index in [4.69, 9.17) is 0 Å². The number of rotatable bonds is 8. The van der Waals surface area contributed by atoms with Crippen molar-refractivity contribution < 1.29 is 5.11 Å². The Labute approximate surface area is 116 Å². The molecule has 0 radical (unpaired) electrons. The van der Waals surface area contributed by atoms with Gasteiger partial charge in [-0.2, -0.15) is 0 Å². The van der Waals surface area contributed by atoms with Gasteiger partial charge in [0.1, 0.15) is 0 Å². The second-order valence-electron chi connectivity index (χ2n) is 5.31. The maximum atomic E-state index is 10.0. The number of hydrogen-bond donors (Lipinski definition) is 2. The number of aromatic nitrogens is 1. The van der Waals surface area contributed by atoms with Crippen LogP contribution in [0.5, 0.6) is 0 Å². The Kier molecular flexibility index (Phi) is 6.99. The first-order valence-electron chi connectivity index (χ1n) is 7.07. The number of hydrogen-bond acceptors (Lipinski definition) is 4. The first kappa shape index (κ1) is 16.1. The summed E-state index contributed by atoms with van der Waals surface area (Å²) in [6.07, 6.45) is -0.341. The molecule has 0 amide bonds. The van der Waals surface area contributed by atoms with Crippen LogP contribution in [0, 0.1) is 6.92 Å². The van der Waals surface area contributed by atoms with Gasteiger partial charge in [0.05, 0.1) is 11.8 Å². The maximum Gasteiger partial charge on any atom is 0.0791 e. The van der Waals surface area contributed by atoms with Crippen molar-refractivity contribution in [3.63, 3.8) is 0 Å². The highest BCUT2D eigenvalue weighted by Crippen LogP contribution is 2.04. The molecule has 4 nitrogen and oxygen atoms in total. The summed E-state index contributed by atoms with van der Waals surface area (Å²) >= 11 is 0. The van der Waals surface area contributed by atoms with E-state index in [2.05, 4.69) is 36.0 Å². The lowest BCUT2D eigenvalue weighted by molar-refractivity contribution is 0.108. The van der Waals surface area contributed by atoms with Crippen LogP contribution in [0.2, 0.25) is 0 Å². The fourth-order valence-corrected chi connectivity index (χ4v) is 1.96. The molecule has 1 unspecified atom stereocenters. The molecule has 0 aliphatic heterocycles. The van der Waals surface area contributed by atoms with Crippen molar-refractivity contribution in [3.8, 4) is 0 Å². The van der Waals surface area contributed by atoms with Crippen molar-refractivity contribution in [1.82, 2.24) is 15.2 Å². The summed E-state index contributed by atoms with van der Waals surface area (Å²) < 4.78 is 0. The Balaban J connectivity index is 2.45. The van der Waals surface area contributed by atoms with Gasteiger partial charge in [0.2, 0.25) is 0 Å². The Morgan fingerprint density at radius 3 is 2.68 bits per heavy atom. The van der Waals surface area contributed by atoms with Gasteiger partial charge in [-0.25, -0.2) is 0 Å². The topological polar surface area (TPSA) is 48.4 Å². The van der Waals surface area contributed by atoms with Crippen molar-refractivity contribution in [1.29, 1.82) is 0 Å². The van der Waals surface area contributed by atoms with Gasteiger partial charge in [0.25, 0.3) is 0 Å². The summed E-state index contributed by atoms with van der Waals surface area (Å²) in [6.45, 7) is 11.3. The SMILES string of the molecule is CCN(Cc1cccc(C)n1)CC(O)CNC(C)C. The molecule has 0 bridgehead atoms. The van der Waals surface area contributed by atoms with Crippen LogP contribution in [0.15, 0.2) is 18.2 Å². The van der Waals surface area contributed by atoms with E-state index in [1.54, 1.807) is 0 Å². The van der Waals surface area contributed by atoms with E-state index in [-0.39, 0.29) is 6.10 Å². The van der Waals surface area contributed by atoms with Crippen molar-refractivity contribution in [2.75, 3.05) is 19.6 Å². The average molecular weight is 265 g/mol. The molecule has 0 fully saturated rings. The highest BCUT2D eigenvalue weighted by Gasteiger charge is 2.11. The molecule has 1 heterocycles. The summed E-state index contributed by atoms with van der Waals surface area (Å²) in [5.74, 6) is 0. The molecule has 1 aromatic rings. The molecule has 108 valence electrons. The van der Waals surface area contributed by atoms with Crippen LogP contribution in [0.4, 0.5) is 0 Å². The van der Waals surface area contributed by atoms with Gasteiger partial charge < -0.3 is 10.4 Å². The third-order valence-electron chi connectivity index (χ3n) is 3.01. The molecule has 0 saturated carbocycles. The lowest BCUT2D eigenvalue weighted by Crippen LogP contribution is -2.40. The Morgan fingerprint density at radius 1 is 1.37 bits per heavy atom. The monoisotopic (exact) mass is 265 g/mol. The molecule has 0 aromatic carbocycles.